The van der Waals surface area contributed by atoms with Crippen molar-refractivity contribution in [3.05, 3.63) is 12.1 Å². The van der Waals surface area contributed by atoms with Crippen LogP contribution in [0, 0.1) is 0 Å². The van der Waals surface area contributed by atoms with E-state index in [4.69, 9.17) is 15.2 Å². The second kappa shape index (κ2) is 7.63. The average Bonchev–Trinajstić information content (AvgIpc) is 2.50. The summed E-state index contributed by atoms with van der Waals surface area (Å²) in [5.74, 6) is 0.161. The average molecular weight is 307 g/mol. The van der Waals surface area contributed by atoms with Crippen molar-refractivity contribution < 1.29 is 19.1 Å². The summed E-state index contributed by atoms with van der Waals surface area (Å²) in [4.78, 5) is 29.1. The number of aromatic nitrogens is 1. The zero-order chi connectivity index (χ0) is 15.9. The Hall–Kier alpha value is -2.31. The molecule has 22 heavy (non-hydrogen) atoms. The van der Waals surface area contributed by atoms with Crippen molar-refractivity contribution in [3.8, 4) is 5.75 Å². The maximum absolute atomic E-state index is 11.9. The highest BCUT2D eigenvalue weighted by molar-refractivity contribution is 6.00. The van der Waals surface area contributed by atoms with Gasteiger partial charge in [0.2, 0.25) is 0 Å². The third-order valence-electron chi connectivity index (χ3n) is 3.32. The summed E-state index contributed by atoms with van der Waals surface area (Å²) < 4.78 is 10.4. The van der Waals surface area contributed by atoms with E-state index in [9.17, 15) is 9.59 Å². The van der Waals surface area contributed by atoms with Gasteiger partial charge in [0.15, 0.2) is 18.2 Å². The molecule has 2 rings (SSSR count). The molecular formula is C15H21N3O4. The van der Waals surface area contributed by atoms with E-state index in [-0.39, 0.29) is 30.7 Å². The van der Waals surface area contributed by atoms with Crippen LogP contribution in [0.3, 0.4) is 0 Å². The molecule has 1 aliphatic heterocycles. The number of nitrogens with zero attached hydrogens (tertiary/aromatic N) is 2. The molecule has 1 amide bonds. The highest BCUT2D eigenvalue weighted by atomic mass is 16.5. The highest BCUT2D eigenvalue weighted by Crippen LogP contribution is 2.30. The van der Waals surface area contributed by atoms with Gasteiger partial charge in [-0.3, -0.25) is 14.5 Å². The third-order valence-corrected chi connectivity index (χ3v) is 3.32. The van der Waals surface area contributed by atoms with Crippen LogP contribution in [0.1, 0.15) is 32.6 Å². The lowest BCUT2D eigenvalue weighted by Crippen LogP contribution is -2.43. The van der Waals surface area contributed by atoms with E-state index in [1.807, 2.05) is 0 Å². The van der Waals surface area contributed by atoms with Crippen molar-refractivity contribution in [2.75, 3.05) is 30.4 Å². The largest absolute Gasteiger partial charge is 0.480 e. The predicted octanol–water partition coefficient (Wildman–Crippen LogP) is 1.51. The number of amides is 1. The fourth-order valence-corrected chi connectivity index (χ4v) is 2.14. The Morgan fingerprint density at radius 2 is 2.23 bits per heavy atom. The molecule has 0 saturated heterocycles. The number of anilines is 2. The Morgan fingerprint density at radius 3 is 3.00 bits per heavy atom. The molecule has 0 aliphatic carbocycles. The maximum atomic E-state index is 11.9. The van der Waals surface area contributed by atoms with Crippen LogP contribution >= 0.6 is 0 Å². The molecule has 7 heteroatoms. The van der Waals surface area contributed by atoms with Crippen LogP contribution < -0.4 is 15.4 Å². The fraction of sp³-hybridized carbons (Fsp3) is 0.533. The molecule has 1 aromatic heterocycles. The number of nitrogen functional groups attached to an aromatic ring is 1. The molecule has 0 fully saturated rings. The lowest BCUT2D eigenvalue weighted by atomic mass is 10.2. The zero-order valence-corrected chi connectivity index (χ0v) is 12.7. The van der Waals surface area contributed by atoms with Crippen molar-refractivity contribution >= 4 is 23.5 Å². The van der Waals surface area contributed by atoms with Crippen molar-refractivity contribution in [1.29, 1.82) is 0 Å². The summed E-state index contributed by atoms with van der Waals surface area (Å²) >= 11 is 0. The summed E-state index contributed by atoms with van der Waals surface area (Å²) in [5, 5.41) is 0. The molecule has 1 aliphatic rings. The number of carbonyl (C=O) groups excluding carboxylic acids is 2. The molecule has 0 aromatic carbocycles. The Bertz CT molecular complexity index is 548. The summed E-state index contributed by atoms with van der Waals surface area (Å²) in [5.41, 5.74) is 5.63. The van der Waals surface area contributed by atoms with Gasteiger partial charge in [0.05, 0.1) is 6.61 Å². The number of ether oxygens (including phenoxy) is 2. The van der Waals surface area contributed by atoms with Crippen molar-refractivity contribution in [2.24, 2.45) is 0 Å². The van der Waals surface area contributed by atoms with E-state index in [1.54, 1.807) is 12.1 Å². The fourth-order valence-electron chi connectivity index (χ4n) is 2.14. The van der Waals surface area contributed by atoms with Crippen LogP contribution in [-0.4, -0.2) is 36.6 Å². The highest BCUT2D eigenvalue weighted by Gasteiger charge is 2.29. The molecule has 7 nitrogen and oxygen atoms in total. The number of esters is 1. The normalized spacial score (nSPS) is 13.5. The molecule has 0 saturated carbocycles. The molecule has 1 aromatic rings. The minimum atomic E-state index is -0.457. The molecule has 0 spiro atoms. The van der Waals surface area contributed by atoms with E-state index < -0.39 is 5.97 Å². The minimum absolute atomic E-state index is 0.123. The standard InChI is InChI=1S/C15H21N3O4/c1-2-3-4-5-8-21-14(20)9-18-13(19)10-22-11-6-7-12(16)17-15(11)18/h6-7H,2-5,8-10H2,1H3,(H2,16,17). The number of nitrogens with two attached hydrogens (primary N) is 1. The molecule has 120 valence electrons. The van der Waals surface area contributed by atoms with Gasteiger partial charge >= 0.3 is 5.97 Å². The second-order valence-electron chi connectivity index (χ2n) is 5.11. The van der Waals surface area contributed by atoms with Crippen molar-refractivity contribution in [1.82, 2.24) is 4.98 Å². The molecule has 2 N–H and O–H groups in total. The smallest absolute Gasteiger partial charge is 0.326 e. The number of unbranched alkanes of at least 4 members (excludes halogenated alkanes) is 3. The quantitative estimate of drug-likeness (QED) is 0.606. The second-order valence-corrected chi connectivity index (χ2v) is 5.11. The SMILES string of the molecule is CCCCCCOC(=O)CN1C(=O)COc2ccc(N)nc21. The lowest BCUT2D eigenvalue weighted by molar-refractivity contribution is -0.143. The summed E-state index contributed by atoms with van der Waals surface area (Å²) in [7, 11) is 0. The van der Waals surface area contributed by atoms with Crippen LogP contribution in [0.5, 0.6) is 5.75 Å². The van der Waals surface area contributed by atoms with Crippen LogP contribution in [0.2, 0.25) is 0 Å². The van der Waals surface area contributed by atoms with Crippen LogP contribution in [0.4, 0.5) is 11.6 Å². The van der Waals surface area contributed by atoms with E-state index in [0.29, 0.717) is 12.4 Å². The lowest BCUT2D eigenvalue weighted by Gasteiger charge is -2.27. The molecule has 0 unspecified atom stereocenters. The van der Waals surface area contributed by atoms with E-state index >= 15 is 0 Å². The van der Waals surface area contributed by atoms with Gasteiger partial charge in [-0.25, -0.2) is 4.98 Å². The predicted molar refractivity (Wildman–Crippen MR) is 81.6 cm³/mol. The van der Waals surface area contributed by atoms with Crippen LogP contribution in [0.15, 0.2) is 12.1 Å². The van der Waals surface area contributed by atoms with Crippen molar-refractivity contribution in [2.45, 2.75) is 32.6 Å². The molecular weight excluding hydrogens is 286 g/mol. The molecule has 2 heterocycles. The summed E-state index contributed by atoms with van der Waals surface area (Å²) in [6, 6.07) is 3.21. The van der Waals surface area contributed by atoms with Crippen molar-refractivity contribution in [3.63, 3.8) is 0 Å². The number of hydrogen-bond donors (Lipinski definition) is 1. The van der Waals surface area contributed by atoms with E-state index in [1.165, 1.54) is 4.90 Å². The van der Waals surface area contributed by atoms with Gasteiger partial charge in [0.25, 0.3) is 5.91 Å². The third kappa shape index (κ3) is 4.09. The van der Waals surface area contributed by atoms with Gasteiger partial charge in [-0.15, -0.1) is 0 Å². The monoisotopic (exact) mass is 307 g/mol. The first-order valence-electron chi connectivity index (χ1n) is 7.47. The van der Waals surface area contributed by atoms with Gasteiger partial charge in [-0.2, -0.15) is 0 Å². The van der Waals surface area contributed by atoms with E-state index in [0.717, 1.165) is 25.7 Å². The number of pyridine rings is 1. The van der Waals surface area contributed by atoms with Gasteiger partial charge in [-0.1, -0.05) is 26.2 Å². The zero-order valence-electron chi connectivity index (χ0n) is 12.7. The first-order chi connectivity index (χ1) is 10.6. The molecule has 0 bridgehead atoms. The first-order valence-corrected chi connectivity index (χ1v) is 7.47. The minimum Gasteiger partial charge on any atom is -0.480 e. The number of fused-ring (bicyclic) bond motifs is 1. The topological polar surface area (TPSA) is 94.8 Å². The van der Waals surface area contributed by atoms with Gasteiger partial charge < -0.3 is 15.2 Å². The van der Waals surface area contributed by atoms with Gasteiger partial charge in [0.1, 0.15) is 12.4 Å². The first kappa shape index (κ1) is 16.1. The molecule has 0 radical (unpaired) electrons. The maximum Gasteiger partial charge on any atom is 0.326 e. The van der Waals surface area contributed by atoms with Gasteiger partial charge in [0, 0.05) is 0 Å². The number of hydrogen-bond acceptors (Lipinski definition) is 6. The number of rotatable bonds is 7. The summed E-state index contributed by atoms with van der Waals surface area (Å²) in [6.07, 6.45) is 4.11. The Balaban J connectivity index is 1.93. The summed E-state index contributed by atoms with van der Waals surface area (Å²) in [6.45, 7) is 2.18. The Morgan fingerprint density at radius 1 is 1.41 bits per heavy atom. The van der Waals surface area contributed by atoms with Crippen LogP contribution in [-0.2, 0) is 14.3 Å². The number of carbonyl (C=O) groups is 2. The molecule has 0 atom stereocenters. The van der Waals surface area contributed by atoms with Gasteiger partial charge in [-0.05, 0) is 18.6 Å². The van der Waals surface area contributed by atoms with E-state index in [2.05, 4.69) is 11.9 Å². The Labute approximate surface area is 129 Å². The van der Waals surface area contributed by atoms with Crippen LogP contribution in [0.25, 0.3) is 0 Å². The Kier molecular flexibility index (Phi) is 5.57.